The van der Waals surface area contributed by atoms with E-state index in [0.717, 1.165) is 22.0 Å². The number of hydrazone groups is 1. The molecule has 0 amide bonds. The number of pyridine rings is 1. The van der Waals surface area contributed by atoms with E-state index in [0.29, 0.717) is 11.4 Å². The summed E-state index contributed by atoms with van der Waals surface area (Å²) in [6.07, 6.45) is 6.60. The number of anilines is 1. The maximum absolute atomic E-state index is 5.81. The van der Waals surface area contributed by atoms with E-state index in [2.05, 4.69) is 25.5 Å². The first kappa shape index (κ1) is 12.5. The van der Waals surface area contributed by atoms with Crippen molar-refractivity contribution in [3.05, 3.63) is 60.7 Å². The minimum atomic E-state index is 0.529. The molecule has 0 atom stereocenters. The van der Waals surface area contributed by atoms with Crippen molar-refractivity contribution >= 4 is 34.1 Å². The Labute approximate surface area is 125 Å². The second kappa shape index (κ2) is 5.25. The van der Waals surface area contributed by atoms with Gasteiger partial charge in [-0.15, -0.1) is 0 Å². The highest BCUT2D eigenvalue weighted by Crippen LogP contribution is 2.30. The van der Waals surface area contributed by atoms with Crippen LogP contribution in [0.15, 0.2) is 64.6 Å². The van der Waals surface area contributed by atoms with E-state index in [9.17, 15) is 0 Å². The minimum absolute atomic E-state index is 0.529. The standard InChI is InChI=1S/C16H11N5O/c1-2-6-13-12(5-1)14-15(22-13)16(19-10-18-14)21-20-9-11-4-3-7-17-8-11/h1-10H,(H,18,19,21)/b20-9-. The number of fused-ring (bicyclic) bond motifs is 3. The summed E-state index contributed by atoms with van der Waals surface area (Å²) in [7, 11) is 0. The van der Waals surface area contributed by atoms with E-state index in [-0.39, 0.29) is 0 Å². The second-order valence-electron chi connectivity index (χ2n) is 4.65. The molecule has 0 bridgehead atoms. The van der Waals surface area contributed by atoms with Crippen LogP contribution in [0.25, 0.3) is 22.1 Å². The molecule has 0 radical (unpaired) electrons. The lowest BCUT2D eigenvalue weighted by Gasteiger charge is -1.98. The van der Waals surface area contributed by atoms with Gasteiger partial charge in [-0.2, -0.15) is 5.10 Å². The van der Waals surface area contributed by atoms with Crippen LogP contribution in [-0.4, -0.2) is 21.2 Å². The van der Waals surface area contributed by atoms with Crippen molar-refractivity contribution in [1.82, 2.24) is 15.0 Å². The third-order valence-electron chi connectivity index (χ3n) is 3.23. The molecule has 106 valence electrons. The zero-order valence-corrected chi connectivity index (χ0v) is 11.5. The molecule has 22 heavy (non-hydrogen) atoms. The first-order valence-corrected chi connectivity index (χ1v) is 6.73. The van der Waals surface area contributed by atoms with Crippen LogP contribution in [-0.2, 0) is 0 Å². The molecule has 4 rings (SSSR count). The number of rotatable bonds is 3. The van der Waals surface area contributed by atoms with Crippen LogP contribution in [0.1, 0.15) is 5.56 Å². The molecule has 6 heteroatoms. The van der Waals surface area contributed by atoms with Crippen LogP contribution < -0.4 is 5.43 Å². The fourth-order valence-electron chi connectivity index (χ4n) is 2.22. The molecule has 0 saturated heterocycles. The number of nitrogens with zero attached hydrogens (tertiary/aromatic N) is 4. The van der Waals surface area contributed by atoms with Crippen LogP contribution in [0.2, 0.25) is 0 Å². The van der Waals surface area contributed by atoms with Gasteiger partial charge >= 0.3 is 0 Å². The predicted octanol–water partition coefficient (Wildman–Crippen LogP) is 3.22. The van der Waals surface area contributed by atoms with Gasteiger partial charge in [-0.1, -0.05) is 18.2 Å². The Kier molecular flexibility index (Phi) is 2.97. The van der Waals surface area contributed by atoms with Gasteiger partial charge in [0.15, 0.2) is 11.4 Å². The van der Waals surface area contributed by atoms with Gasteiger partial charge in [0.1, 0.15) is 17.4 Å². The highest BCUT2D eigenvalue weighted by Gasteiger charge is 2.11. The Morgan fingerprint density at radius 3 is 2.95 bits per heavy atom. The highest BCUT2D eigenvalue weighted by molar-refractivity contribution is 6.05. The molecule has 0 saturated carbocycles. The van der Waals surface area contributed by atoms with Gasteiger partial charge < -0.3 is 4.42 Å². The number of para-hydroxylation sites is 1. The third-order valence-corrected chi connectivity index (χ3v) is 3.23. The predicted molar refractivity (Wildman–Crippen MR) is 84.8 cm³/mol. The molecule has 0 spiro atoms. The molecule has 0 unspecified atom stereocenters. The lowest BCUT2D eigenvalue weighted by atomic mass is 10.2. The lowest BCUT2D eigenvalue weighted by Crippen LogP contribution is -1.94. The van der Waals surface area contributed by atoms with Gasteiger partial charge in [-0.3, -0.25) is 10.4 Å². The fourth-order valence-corrected chi connectivity index (χ4v) is 2.22. The van der Waals surface area contributed by atoms with Gasteiger partial charge in [-0.05, 0) is 18.2 Å². The van der Waals surface area contributed by atoms with E-state index in [1.54, 1.807) is 18.6 Å². The summed E-state index contributed by atoms with van der Waals surface area (Å²) in [4.78, 5) is 12.5. The first-order chi connectivity index (χ1) is 10.9. The largest absolute Gasteiger partial charge is 0.450 e. The zero-order chi connectivity index (χ0) is 14.8. The topological polar surface area (TPSA) is 76.2 Å². The Morgan fingerprint density at radius 1 is 1.09 bits per heavy atom. The summed E-state index contributed by atoms with van der Waals surface area (Å²) in [5.41, 5.74) is 5.92. The van der Waals surface area contributed by atoms with Gasteiger partial charge in [-0.25, -0.2) is 9.97 Å². The van der Waals surface area contributed by atoms with E-state index < -0.39 is 0 Å². The number of hydrogen-bond acceptors (Lipinski definition) is 6. The lowest BCUT2D eigenvalue weighted by molar-refractivity contribution is 0.667. The Morgan fingerprint density at radius 2 is 2.05 bits per heavy atom. The Hall–Kier alpha value is -3.28. The van der Waals surface area contributed by atoms with E-state index in [1.807, 2.05) is 36.4 Å². The van der Waals surface area contributed by atoms with E-state index in [1.165, 1.54) is 6.33 Å². The van der Waals surface area contributed by atoms with Crippen LogP contribution >= 0.6 is 0 Å². The maximum atomic E-state index is 5.81. The first-order valence-electron chi connectivity index (χ1n) is 6.73. The molecule has 4 aromatic rings. The van der Waals surface area contributed by atoms with Crippen molar-refractivity contribution in [2.45, 2.75) is 0 Å². The van der Waals surface area contributed by atoms with Crippen molar-refractivity contribution in [1.29, 1.82) is 0 Å². The monoisotopic (exact) mass is 289 g/mol. The second-order valence-corrected chi connectivity index (χ2v) is 4.65. The zero-order valence-electron chi connectivity index (χ0n) is 11.5. The van der Waals surface area contributed by atoms with Gasteiger partial charge in [0.2, 0.25) is 0 Å². The van der Waals surface area contributed by atoms with E-state index >= 15 is 0 Å². The summed E-state index contributed by atoms with van der Waals surface area (Å²) >= 11 is 0. The summed E-state index contributed by atoms with van der Waals surface area (Å²) in [5, 5.41) is 5.12. The van der Waals surface area contributed by atoms with Gasteiger partial charge in [0.25, 0.3) is 0 Å². The van der Waals surface area contributed by atoms with Gasteiger partial charge in [0.05, 0.1) is 6.21 Å². The molecule has 6 nitrogen and oxygen atoms in total. The molecular formula is C16H11N5O. The van der Waals surface area contributed by atoms with E-state index in [4.69, 9.17) is 4.42 Å². The SMILES string of the molecule is C(=N/Nc1ncnc2c1oc1ccccc12)/c1cccnc1. The molecule has 3 heterocycles. The van der Waals surface area contributed by atoms with Crippen LogP contribution in [0.3, 0.4) is 0 Å². The highest BCUT2D eigenvalue weighted by atomic mass is 16.3. The van der Waals surface area contributed by atoms with Crippen LogP contribution in [0.5, 0.6) is 0 Å². The summed E-state index contributed by atoms with van der Waals surface area (Å²) in [6.45, 7) is 0. The number of hydrogen-bond donors (Lipinski definition) is 1. The van der Waals surface area contributed by atoms with Crippen molar-refractivity contribution in [2.24, 2.45) is 5.10 Å². The fraction of sp³-hybridized carbons (Fsp3) is 0. The number of nitrogens with one attached hydrogen (secondary N) is 1. The molecule has 3 aromatic heterocycles. The minimum Gasteiger partial charge on any atom is -0.450 e. The number of furan rings is 1. The molecule has 1 N–H and O–H groups in total. The summed E-state index contributed by atoms with van der Waals surface area (Å²) < 4.78 is 5.81. The van der Waals surface area contributed by atoms with Crippen molar-refractivity contribution in [2.75, 3.05) is 5.43 Å². The molecule has 0 aliphatic carbocycles. The summed E-state index contributed by atoms with van der Waals surface area (Å²) in [5.74, 6) is 0.529. The van der Waals surface area contributed by atoms with Crippen LogP contribution in [0.4, 0.5) is 5.82 Å². The summed E-state index contributed by atoms with van der Waals surface area (Å²) in [6, 6.07) is 11.5. The van der Waals surface area contributed by atoms with Crippen molar-refractivity contribution < 1.29 is 4.42 Å². The smallest absolute Gasteiger partial charge is 0.197 e. The van der Waals surface area contributed by atoms with Crippen LogP contribution in [0, 0.1) is 0 Å². The molecular weight excluding hydrogens is 278 g/mol. The molecule has 0 fully saturated rings. The molecule has 0 aliphatic heterocycles. The quantitative estimate of drug-likeness (QED) is 0.463. The molecule has 1 aromatic carbocycles. The maximum Gasteiger partial charge on any atom is 0.197 e. The van der Waals surface area contributed by atoms with Gasteiger partial charge in [0, 0.05) is 23.3 Å². The number of aromatic nitrogens is 3. The molecule has 0 aliphatic rings. The number of benzene rings is 1. The third kappa shape index (κ3) is 2.16. The van der Waals surface area contributed by atoms with Crippen molar-refractivity contribution in [3.63, 3.8) is 0 Å². The normalized spacial score (nSPS) is 11.5. The Bertz CT molecular complexity index is 962. The average Bonchev–Trinajstić information content (AvgIpc) is 2.96. The van der Waals surface area contributed by atoms with Crippen molar-refractivity contribution in [3.8, 4) is 0 Å². The average molecular weight is 289 g/mol. The Balaban J connectivity index is 1.71.